The summed E-state index contributed by atoms with van der Waals surface area (Å²) in [7, 11) is -2.13. The molecule has 6 nitrogen and oxygen atoms in total. The Balaban J connectivity index is 2.98. The van der Waals surface area contributed by atoms with Gasteiger partial charge in [-0.2, -0.15) is 0 Å². The van der Waals surface area contributed by atoms with Crippen molar-refractivity contribution in [1.82, 2.24) is 10.0 Å². The van der Waals surface area contributed by atoms with Crippen LogP contribution in [0, 0.1) is 12.8 Å². The van der Waals surface area contributed by atoms with Gasteiger partial charge in [0.2, 0.25) is 0 Å². The van der Waals surface area contributed by atoms with Gasteiger partial charge in [0.1, 0.15) is 0 Å². The van der Waals surface area contributed by atoms with Crippen LogP contribution in [0.1, 0.15) is 26.3 Å². The zero-order chi connectivity index (χ0) is 17.8. The molecule has 0 aliphatic carbocycles. The van der Waals surface area contributed by atoms with E-state index in [4.69, 9.17) is 5.73 Å². The first kappa shape index (κ1) is 19.2. The fraction of sp³-hybridized carbons (Fsp3) is 0.438. The average molecular weight is 339 g/mol. The summed E-state index contributed by atoms with van der Waals surface area (Å²) in [5.41, 5.74) is 7.16. The number of carbonyl (C=O) groups is 1. The first-order chi connectivity index (χ1) is 10.6. The molecule has 0 aliphatic heterocycles. The molecule has 7 heteroatoms. The van der Waals surface area contributed by atoms with Gasteiger partial charge in [-0.15, -0.1) is 0 Å². The molecule has 23 heavy (non-hydrogen) atoms. The van der Waals surface area contributed by atoms with Crippen molar-refractivity contribution < 1.29 is 13.2 Å². The lowest BCUT2D eigenvalue weighted by molar-refractivity contribution is -0.115. The summed E-state index contributed by atoms with van der Waals surface area (Å²) in [6.07, 6.45) is 1.73. The number of hydrogen-bond acceptors (Lipinski definition) is 5. The maximum Gasteiger partial charge on any atom is 0.264 e. The smallest absolute Gasteiger partial charge is 0.264 e. The average Bonchev–Trinajstić information content (AvgIpc) is 2.46. The highest BCUT2D eigenvalue weighted by Gasteiger charge is 2.20. The van der Waals surface area contributed by atoms with E-state index in [1.165, 1.54) is 18.2 Å². The van der Waals surface area contributed by atoms with Gasteiger partial charge in [0.15, 0.2) is 0 Å². The molecule has 1 rings (SSSR count). The van der Waals surface area contributed by atoms with Crippen LogP contribution in [-0.4, -0.2) is 27.4 Å². The van der Waals surface area contributed by atoms with Crippen molar-refractivity contribution >= 4 is 21.6 Å². The van der Waals surface area contributed by atoms with Gasteiger partial charge in [-0.25, -0.2) is 13.1 Å². The number of likely N-dealkylation sites (N-methyl/N-ethyl adjacent to an activating group) is 1. The van der Waals surface area contributed by atoms with E-state index in [1.807, 2.05) is 13.8 Å². The first-order valence-corrected chi connectivity index (χ1v) is 8.85. The van der Waals surface area contributed by atoms with Crippen LogP contribution in [0.3, 0.4) is 0 Å². The highest BCUT2D eigenvalue weighted by atomic mass is 32.2. The highest BCUT2D eigenvalue weighted by Crippen LogP contribution is 2.17. The lowest BCUT2D eigenvalue weighted by atomic mass is 10.0. The predicted molar refractivity (Wildman–Crippen MR) is 92.4 cm³/mol. The van der Waals surface area contributed by atoms with Crippen molar-refractivity contribution in [3.8, 4) is 0 Å². The van der Waals surface area contributed by atoms with Crippen molar-refractivity contribution in [3.63, 3.8) is 0 Å². The number of sulfonamides is 1. The first-order valence-electron chi connectivity index (χ1n) is 7.37. The van der Waals surface area contributed by atoms with Gasteiger partial charge in [0.05, 0.1) is 4.90 Å². The van der Waals surface area contributed by atoms with Crippen molar-refractivity contribution in [3.05, 3.63) is 35.4 Å². The third-order valence-electron chi connectivity index (χ3n) is 3.62. The molecule has 0 fully saturated rings. The molecule has 0 unspecified atom stereocenters. The molecule has 1 aromatic carbocycles. The molecule has 4 N–H and O–H groups in total. The molecule has 0 aromatic heterocycles. The second-order valence-corrected chi connectivity index (χ2v) is 7.54. The number of nitrogens with two attached hydrogens (primary N) is 1. The van der Waals surface area contributed by atoms with Crippen LogP contribution in [-0.2, 0) is 14.8 Å². The highest BCUT2D eigenvalue weighted by molar-refractivity contribution is 7.90. The molecule has 0 radical (unpaired) electrons. The van der Waals surface area contributed by atoms with Gasteiger partial charge in [-0.1, -0.05) is 19.9 Å². The standard InChI is InChI=1S/C16H25N3O3S/c1-10(2)15(18-5)9-12(4)16(20)19-23(21,22)13-6-7-14(17)11(3)8-13/h6-10,15,18H,17H2,1-5H3,(H,19,20)/b12-9+/t15-/m1/s1. The van der Waals surface area contributed by atoms with Crippen molar-refractivity contribution in [2.24, 2.45) is 5.92 Å². The number of nitrogens with one attached hydrogen (secondary N) is 2. The normalized spacial score (nSPS) is 13.9. The topological polar surface area (TPSA) is 101 Å². The molecule has 1 atom stereocenters. The van der Waals surface area contributed by atoms with Gasteiger partial charge in [-0.3, -0.25) is 4.79 Å². The number of benzene rings is 1. The molecule has 0 aliphatic rings. The SMILES string of the molecule is CN[C@H](/C=C(\C)C(=O)NS(=O)(=O)c1ccc(N)c(C)c1)C(C)C. The van der Waals surface area contributed by atoms with E-state index in [1.54, 1.807) is 27.0 Å². The maximum atomic E-state index is 12.3. The predicted octanol–water partition coefficient (Wildman–Crippen LogP) is 1.57. The van der Waals surface area contributed by atoms with E-state index in [-0.39, 0.29) is 16.9 Å². The van der Waals surface area contributed by atoms with Gasteiger partial charge in [0.25, 0.3) is 15.9 Å². The maximum absolute atomic E-state index is 12.3. The molecular formula is C16H25N3O3S. The van der Waals surface area contributed by atoms with Crippen molar-refractivity contribution in [2.45, 2.75) is 38.6 Å². The molecule has 0 saturated carbocycles. The summed E-state index contributed by atoms with van der Waals surface area (Å²) < 4.78 is 26.7. The van der Waals surface area contributed by atoms with E-state index in [0.29, 0.717) is 16.8 Å². The molecule has 0 heterocycles. The Labute approximate surface area is 138 Å². The Morgan fingerprint density at radius 3 is 2.39 bits per heavy atom. The number of anilines is 1. The second-order valence-electron chi connectivity index (χ2n) is 5.86. The molecule has 1 aromatic rings. The minimum Gasteiger partial charge on any atom is -0.399 e. The van der Waals surface area contributed by atoms with E-state index >= 15 is 0 Å². The largest absolute Gasteiger partial charge is 0.399 e. The Morgan fingerprint density at radius 2 is 1.91 bits per heavy atom. The molecule has 1 amide bonds. The van der Waals surface area contributed by atoms with Crippen LogP contribution >= 0.6 is 0 Å². The zero-order valence-electron chi connectivity index (χ0n) is 14.2. The summed E-state index contributed by atoms with van der Waals surface area (Å²) in [5.74, 6) is -0.362. The van der Waals surface area contributed by atoms with E-state index in [9.17, 15) is 13.2 Å². The van der Waals surface area contributed by atoms with E-state index < -0.39 is 15.9 Å². The quantitative estimate of drug-likeness (QED) is 0.539. The van der Waals surface area contributed by atoms with Gasteiger partial charge < -0.3 is 11.1 Å². The summed E-state index contributed by atoms with van der Waals surface area (Å²) in [6, 6.07) is 4.31. The number of rotatable bonds is 6. The van der Waals surface area contributed by atoms with Crippen molar-refractivity contribution in [1.29, 1.82) is 0 Å². The van der Waals surface area contributed by atoms with E-state index in [0.717, 1.165) is 0 Å². The molecular weight excluding hydrogens is 314 g/mol. The van der Waals surface area contributed by atoms with Gasteiger partial charge in [0, 0.05) is 17.3 Å². The third-order valence-corrected chi connectivity index (χ3v) is 4.95. The number of aryl methyl sites for hydroxylation is 1. The summed E-state index contributed by atoms with van der Waals surface area (Å²) in [4.78, 5) is 12.2. The minimum atomic E-state index is -3.92. The van der Waals surface area contributed by atoms with Gasteiger partial charge >= 0.3 is 0 Å². The molecule has 128 valence electrons. The van der Waals surface area contributed by atoms with Crippen LogP contribution < -0.4 is 15.8 Å². The Hall–Kier alpha value is -1.86. The van der Waals surface area contributed by atoms with Crippen LogP contribution in [0.2, 0.25) is 0 Å². The number of amides is 1. The zero-order valence-corrected chi connectivity index (χ0v) is 15.0. The van der Waals surface area contributed by atoms with Crippen molar-refractivity contribution in [2.75, 3.05) is 12.8 Å². The number of hydrogen-bond donors (Lipinski definition) is 3. The summed E-state index contributed by atoms with van der Waals surface area (Å²) in [5, 5.41) is 3.08. The number of carbonyl (C=O) groups excluding carboxylic acids is 1. The lowest BCUT2D eigenvalue weighted by Gasteiger charge is -2.17. The Bertz CT molecular complexity index is 709. The van der Waals surface area contributed by atoms with Gasteiger partial charge in [-0.05, 0) is 50.6 Å². The number of nitrogen functional groups attached to an aromatic ring is 1. The summed E-state index contributed by atoms with van der Waals surface area (Å²) in [6.45, 7) is 7.32. The Kier molecular flexibility index (Phi) is 6.35. The van der Waals surface area contributed by atoms with Crippen LogP contribution in [0.4, 0.5) is 5.69 Å². The second kappa shape index (κ2) is 7.61. The van der Waals surface area contributed by atoms with Crippen LogP contribution in [0.5, 0.6) is 0 Å². The minimum absolute atomic E-state index is 0.0118. The van der Waals surface area contributed by atoms with Crippen LogP contribution in [0.25, 0.3) is 0 Å². The Morgan fingerprint density at radius 1 is 1.30 bits per heavy atom. The van der Waals surface area contributed by atoms with Crippen LogP contribution in [0.15, 0.2) is 34.7 Å². The molecule has 0 spiro atoms. The molecule has 0 saturated heterocycles. The van der Waals surface area contributed by atoms with E-state index in [2.05, 4.69) is 10.0 Å². The lowest BCUT2D eigenvalue weighted by Crippen LogP contribution is -2.33. The summed E-state index contributed by atoms with van der Waals surface area (Å²) >= 11 is 0. The fourth-order valence-electron chi connectivity index (χ4n) is 2.03. The molecule has 0 bridgehead atoms. The fourth-order valence-corrected chi connectivity index (χ4v) is 3.13. The monoisotopic (exact) mass is 339 g/mol. The third kappa shape index (κ3) is 5.07.